The zero-order valence-corrected chi connectivity index (χ0v) is 10.8. The van der Waals surface area contributed by atoms with Crippen LogP contribution in [0.2, 0.25) is 0 Å². The minimum atomic E-state index is -0.916. The van der Waals surface area contributed by atoms with E-state index in [-0.39, 0.29) is 5.56 Å². The molecule has 0 amide bonds. The van der Waals surface area contributed by atoms with Crippen molar-refractivity contribution in [2.75, 3.05) is 45.7 Å². The lowest BCUT2D eigenvalue weighted by Crippen LogP contribution is -2.20. The number of carboxylic acid groups (broad SMARTS) is 1. The molecule has 0 aliphatic rings. The fourth-order valence-electron chi connectivity index (χ4n) is 1.38. The molecule has 2 N–H and O–H groups in total. The summed E-state index contributed by atoms with van der Waals surface area (Å²) in [6.07, 6.45) is 0. The molecule has 0 unspecified atom stereocenters. The third-order valence-electron chi connectivity index (χ3n) is 2.37. The largest absolute Gasteiger partial charge is 0.478 e. The fraction of sp³-hybridized carbons (Fsp3) is 0.462. The molecule has 0 heterocycles. The molecule has 1 rings (SSSR count). The number of anilines is 1. The molecule has 0 aliphatic heterocycles. The van der Waals surface area contributed by atoms with Crippen molar-refractivity contribution < 1.29 is 14.6 Å². The zero-order chi connectivity index (χ0) is 13.4. The van der Waals surface area contributed by atoms with Crippen LogP contribution in [0.4, 0.5) is 5.69 Å². The van der Waals surface area contributed by atoms with Gasteiger partial charge in [-0.2, -0.15) is 0 Å². The lowest BCUT2D eigenvalue weighted by atomic mass is 10.2. The van der Waals surface area contributed by atoms with Gasteiger partial charge in [-0.05, 0) is 32.3 Å². The smallest absolute Gasteiger partial charge is 0.335 e. The number of nitrogens with one attached hydrogen (secondary N) is 1. The normalized spacial score (nSPS) is 10.6. The lowest BCUT2D eigenvalue weighted by Gasteiger charge is -2.11. The SMILES string of the molecule is CN(C)CCOCCNc1cccc(C(=O)O)c1. The van der Waals surface area contributed by atoms with E-state index in [9.17, 15) is 4.79 Å². The van der Waals surface area contributed by atoms with Crippen LogP contribution < -0.4 is 5.32 Å². The van der Waals surface area contributed by atoms with Gasteiger partial charge in [-0.15, -0.1) is 0 Å². The molecule has 0 saturated heterocycles. The predicted octanol–water partition coefficient (Wildman–Crippen LogP) is 1.37. The molecular weight excluding hydrogens is 232 g/mol. The number of likely N-dealkylation sites (N-methyl/N-ethyl adjacent to an activating group) is 1. The van der Waals surface area contributed by atoms with Gasteiger partial charge in [-0.25, -0.2) is 4.79 Å². The standard InChI is InChI=1S/C13H20N2O3/c1-15(2)7-9-18-8-6-14-12-5-3-4-11(10-12)13(16)17/h3-5,10,14H,6-9H2,1-2H3,(H,16,17). The quantitative estimate of drug-likeness (QED) is 0.684. The average molecular weight is 252 g/mol. The van der Waals surface area contributed by atoms with Crippen LogP contribution in [0.3, 0.4) is 0 Å². The molecule has 0 bridgehead atoms. The number of hydrogen-bond donors (Lipinski definition) is 2. The third kappa shape index (κ3) is 5.65. The third-order valence-corrected chi connectivity index (χ3v) is 2.37. The van der Waals surface area contributed by atoms with Gasteiger partial charge in [0.25, 0.3) is 0 Å². The van der Waals surface area contributed by atoms with Crippen molar-refractivity contribution in [3.8, 4) is 0 Å². The number of nitrogens with zero attached hydrogens (tertiary/aromatic N) is 1. The molecule has 0 aliphatic carbocycles. The highest BCUT2D eigenvalue weighted by atomic mass is 16.5. The van der Waals surface area contributed by atoms with E-state index < -0.39 is 5.97 Å². The molecule has 0 radical (unpaired) electrons. The summed E-state index contributed by atoms with van der Waals surface area (Å²) < 4.78 is 5.42. The van der Waals surface area contributed by atoms with Gasteiger partial charge in [0.15, 0.2) is 0 Å². The van der Waals surface area contributed by atoms with Crippen molar-refractivity contribution in [3.05, 3.63) is 29.8 Å². The van der Waals surface area contributed by atoms with Crippen molar-refractivity contribution in [2.24, 2.45) is 0 Å². The van der Waals surface area contributed by atoms with Crippen LogP contribution in [0, 0.1) is 0 Å². The summed E-state index contributed by atoms with van der Waals surface area (Å²) in [5, 5.41) is 12.0. The van der Waals surface area contributed by atoms with Crippen molar-refractivity contribution in [1.82, 2.24) is 4.90 Å². The van der Waals surface area contributed by atoms with E-state index in [2.05, 4.69) is 10.2 Å². The van der Waals surface area contributed by atoms with E-state index in [4.69, 9.17) is 9.84 Å². The Hall–Kier alpha value is -1.59. The van der Waals surface area contributed by atoms with Gasteiger partial charge in [0.05, 0.1) is 18.8 Å². The number of carboxylic acids is 1. The Morgan fingerprint density at radius 2 is 2.17 bits per heavy atom. The molecule has 0 saturated carbocycles. The molecule has 5 heteroatoms. The second kappa shape index (κ2) is 7.68. The first-order valence-corrected chi connectivity index (χ1v) is 5.89. The minimum Gasteiger partial charge on any atom is -0.478 e. The molecule has 100 valence electrons. The van der Waals surface area contributed by atoms with Crippen LogP contribution in [-0.2, 0) is 4.74 Å². The Morgan fingerprint density at radius 1 is 1.39 bits per heavy atom. The van der Waals surface area contributed by atoms with Crippen molar-refractivity contribution in [3.63, 3.8) is 0 Å². The van der Waals surface area contributed by atoms with E-state index in [0.717, 1.165) is 12.2 Å². The first-order chi connectivity index (χ1) is 8.59. The van der Waals surface area contributed by atoms with Gasteiger partial charge in [0.1, 0.15) is 0 Å². The summed E-state index contributed by atoms with van der Waals surface area (Å²) in [6.45, 7) is 2.86. The highest BCUT2D eigenvalue weighted by molar-refractivity contribution is 5.88. The summed E-state index contributed by atoms with van der Waals surface area (Å²) in [4.78, 5) is 12.8. The number of rotatable bonds is 8. The minimum absolute atomic E-state index is 0.286. The molecular formula is C13H20N2O3. The number of carbonyl (C=O) groups is 1. The van der Waals surface area contributed by atoms with Gasteiger partial charge in [0, 0.05) is 18.8 Å². The van der Waals surface area contributed by atoms with Crippen LogP contribution >= 0.6 is 0 Å². The Morgan fingerprint density at radius 3 is 2.83 bits per heavy atom. The summed E-state index contributed by atoms with van der Waals surface area (Å²) in [7, 11) is 4.00. The summed E-state index contributed by atoms with van der Waals surface area (Å²) in [6, 6.07) is 6.74. The van der Waals surface area contributed by atoms with Crippen LogP contribution in [0.1, 0.15) is 10.4 Å². The first-order valence-electron chi connectivity index (χ1n) is 5.89. The van der Waals surface area contributed by atoms with E-state index in [0.29, 0.717) is 19.8 Å². The van der Waals surface area contributed by atoms with Crippen LogP contribution in [-0.4, -0.2) is 56.4 Å². The fourth-order valence-corrected chi connectivity index (χ4v) is 1.38. The van der Waals surface area contributed by atoms with E-state index in [1.807, 2.05) is 20.2 Å². The molecule has 1 aromatic carbocycles. The van der Waals surface area contributed by atoms with Crippen molar-refractivity contribution >= 4 is 11.7 Å². The van der Waals surface area contributed by atoms with Gasteiger partial charge in [0.2, 0.25) is 0 Å². The lowest BCUT2D eigenvalue weighted by molar-refractivity contribution is 0.0697. The number of benzene rings is 1. The topological polar surface area (TPSA) is 61.8 Å². The highest BCUT2D eigenvalue weighted by Gasteiger charge is 2.02. The summed E-state index contributed by atoms with van der Waals surface area (Å²) >= 11 is 0. The maximum absolute atomic E-state index is 10.8. The van der Waals surface area contributed by atoms with E-state index in [1.165, 1.54) is 0 Å². The summed E-state index contributed by atoms with van der Waals surface area (Å²) in [5.41, 5.74) is 1.08. The van der Waals surface area contributed by atoms with Gasteiger partial charge >= 0.3 is 5.97 Å². The van der Waals surface area contributed by atoms with E-state index >= 15 is 0 Å². The van der Waals surface area contributed by atoms with Crippen LogP contribution in [0.15, 0.2) is 24.3 Å². The Bertz CT molecular complexity index is 380. The average Bonchev–Trinajstić information content (AvgIpc) is 2.33. The monoisotopic (exact) mass is 252 g/mol. The number of ether oxygens (including phenoxy) is 1. The maximum Gasteiger partial charge on any atom is 0.335 e. The molecule has 0 fully saturated rings. The van der Waals surface area contributed by atoms with Crippen LogP contribution in [0.25, 0.3) is 0 Å². The maximum atomic E-state index is 10.8. The molecule has 0 spiro atoms. The van der Waals surface area contributed by atoms with E-state index in [1.54, 1.807) is 18.2 Å². The first kappa shape index (κ1) is 14.5. The number of hydrogen-bond acceptors (Lipinski definition) is 4. The second-order valence-electron chi connectivity index (χ2n) is 4.23. The zero-order valence-electron chi connectivity index (χ0n) is 10.8. The van der Waals surface area contributed by atoms with Crippen molar-refractivity contribution in [1.29, 1.82) is 0 Å². The highest BCUT2D eigenvalue weighted by Crippen LogP contribution is 2.09. The van der Waals surface area contributed by atoms with Gasteiger partial charge in [-0.1, -0.05) is 6.07 Å². The molecule has 0 atom stereocenters. The number of aromatic carboxylic acids is 1. The van der Waals surface area contributed by atoms with Crippen molar-refractivity contribution in [2.45, 2.75) is 0 Å². The Kier molecular flexibility index (Phi) is 6.18. The molecule has 1 aromatic rings. The van der Waals surface area contributed by atoms with Gasteiger partial charge < -0.3 is 20.1 Å². The van der Waals surface area contributed by atoms with Gasteiger partial charge in [-0.3, -0.25) is 0 Å². The molecule has 5 nitrogen and oxygen atoms in total. The molecule has 18 heavy (non-hydrogen) atoms. The van der Waals surface area contributed by atoms with Crippen LogP contribution in [0.5, 0.6) is 0 Å². The second-order valence-corrected chi connectivity index (χ2v) is 4.23. The Balaban J connectivity index is 2.23. The predicted molar refractivity (Wildman–Crippen MR) is 71.3 cm³/mol. The molecule has 0 aromatic heterocycles. The summed E-state index contributed by atoms with van der Waals surface area (Å²) in [5.74, 6) is -0.916. The Labute approximate surface area is 107 Å².